The molecule has 1 aromatic heterocycles. The van der Waals surface area contributed by atoms with Crippen molar-refractivity contribution in [3.8, 4) is 0 Å². The molecule has 1 aromatic rings. The molecule has 0 saturated carbocycles. The Bertz CT molecular complexity index is 761. The Labute approximate surface area is 148 Å². The van der Waals surface area contributed by atoms with Gasteiger partial charge in [-0.15, -0.1) is 0 Å². The maximum Gasteiger partial charge on any atom is 0.248 e. The molecule has 6 heteroatoms. The lowest BCUT2D eigenvalue weighted by atomic mass is 10.1. The molecule has 6 nitrogen and oxygen atoms in total. The highest BCUT2D eigenvalue weighted by molar-refractivity contribution is 5.95. The van der Waals surface area contributed by atoms with Crippen LogP contribution in [0.4, 0.5) is 5.69 Å². The van der Waals surface area contributed by atoms with Crippen molar-refractivity contribution in [3.05, 3.63) is 71.9 Å². The van der Waals surface area contributed by atoms with Crippen LogP contribution in [0.2, 0.25) is 0 Å². The van der Waals surface area contributed by atoms with Gasteiger partial charge in [0, 0.05) is 43.6 Å². The smallest absolute Gasteiger partial charge is 0.248 e. The van der Waals surface area contributed by atoms with E-state index in [1.54, 1.807) is 30.3 Å². The normalized spacial score (nSPS) is 15.2. The van der Waals surface area contributed by atoms with Crippen LogP contribution in [0.1, 0.15) is 19.0 Å². The zero-order valence-electron chi connectivity index (χ0n) is 14.4. The summed E-state index contributed by atoms with van der Waals surface area (Å²) in [4.78, 5) is 16.3. The third-order valence-electron chi connectivity index (χ3n) is 3.93. The Balaban J connectivity index is 2.33. The van der Waals surface area contributed by atoms with Gasteiger partial charge in [0.2, 0.25) is 5.91 Å². The van der Waals surface area contributed by atoms with E-state index in [4.69, 9.17) is 5.73 Å². The fourth-order valence-corrected chi connectivity index (χ4v) is 2.61. The Hall–Kier alpha value is -3.15. The van der Waals surface area contributed by atoms with Crippen LogP contribution >= 0.6 is 0 Å². The van der Waals surface area contributed by atoms with Gasteiger partial charge in [0.1, 0.15) is 0 Å². The Morgan fingerprint density at radius 2 is 2.36 bits per heavy atom. The summed E-state index contributed by atoms with van der Waals surface area (Å²) in [5.74, 6) is -0.0744. The number of rotatable bonds is 7. The minimum atomic E-state index is -0.0744. The molecule has 1 aliphatic rings. The lowest BCUT2D eigenvalue weighted by Crippen LogP contribution is -2.35. The average Bonchev–Trinajstić information content (AvgIpc) is 2.63. The maximum atomic E-state index is 11.9. The van der Waals surface area contributed by atoms with E-state index in [0.29, 0.717) is 25.0 Å². The Morgan fingerprint density at radius 3 is 3.04 bits per heavy atom. The summed E-state index contributed by atoms with van der Waals surface area (Å²) in [6, 6.07) is 3.78. The van der Waals surface area contributed by atoms with Gasteiger partial charge in [-0.3, -0.25) is 9.78 Å². The quantitative estimate of drug-likeness (QED) is 0.455. The standard InChI is InChI=1S/C19H23N5O/c1-4-15(6-5-9-20)12-16-13-17(7-10-22-16)24(21-3)18-8-11-23-19(25)14(18)2/h4-7,9-10,13H,1,3,8,11-12,20H2,2H3,(H,23,25)/b9-5-,15-6+. The molecule has 0 bridgehead atoms. The summed E-state index contributed by atoms with van der Waals surface area (Å²) >= 11 is 0. The molecule has 0 atom stereocenters. The number of amides is 1. The van der Waals surface area contributed by atoms with Crippen LogP contribution in [0, 0.1) is 0 Å². The first-order valence-corrected chi connectivity index (χ1v) is 8.00. The first-order valence-electron chi connectivity index (χ1n) is 8.00. The third kappa shape index (κ3) is 4.44. The number of nitrogens with one attached hydrogen (secondary N) is 1. The van der Waals surface area contributed by atoms with Crippen LogP contribution in [0.5, 0.6) is 0 Å². The number of allylic oxidation sites excluding steroid dienone is 4. The third-order valence-corrected chi connectivity index (χ3v) is 3.93. The van der Waals surface area contributed by atoms with Crippen LogP contribution in [0.3, 0.4) is 0 Å². The molecule has 1 amide bonds. The fourth-order valence-electron chi connectivity index (χ4n) is 2.61. The molecule has 0 fully saturated rings. The molecule has 1 aliphatic heterocycles. The van der Waals surface area contributed by atoms with Gasteiger partial charge in [0.05, 0.1) is 11.4 Å². The molecule has 2 rings (SSSR count). The van der Waals surface area contributed by atoms with E-state index in [1.165, 1.54) is 6.20 Å². The molecule has 0 unspecified atom stereocenters. The second-order valence-corrected chi connectivity index (χ2v) is 5.54. The number of pyridine rings is 1. The van der Waals surface area contributed by atoms with E-state index in [1.807, 2.05) is 18.2 Å². The number of aromatic nitrogens is 1. The second kappa shape index (κ2) is 8.63. The van der Waals surface area contributed by atoms with Gasteiger partial charge >= 0.3 is 0 Å². The van der Waals surface area contributed by atoms with Crippen molar-refractivity contribution in [2.45, 2.75) is 19.8 Å². The molecule has 2 heterocycles. The van der Waals surface area contributed by atoms with Crippen molar-refractivity contribution < 1.29 is 4.79 Å². The van der Waals surface area contributed by atoms with Crippen LogP contribution in [-0.4, -0.2) is 24.2 Å². The summed E-state index contributed by atoms with van der Waals surface area (Å²) in [5.41, 5.74) is 9.55. The van der Waals surface area contributed by atoms with Crippen LogP contribution in [-0.2, 0) is 11.2 Å². The van der Waals surface area contributed by atoms with Crippen molar-refractivity contribution >= 4 is 18.3 Å². The highest BCUT2D eigenvalue weighted by atomic mass is 16.1. The van der Waals surface area contributed by atoms with Gasteiger partial charge in [0.15, 0.2) is 0 Å². The number of hydrogen-bond donors (Lipinski definition) is 2. The van der Waals surface area contributed by atoms with E-state index in [9.17, 15) is 4.79 Å². The zero-order chi connectivity index (χ0) is 18.2. The van der Waals surface area contributed by atoms with Crippen molar-refractivity contribution in [2.24, 2.45) is 10.8 Å². The number of carbonyl (C=O) groups excluding carboxylic acids is 1. The predicted octanol–water partition coefficient (Wildman–Crippen LogP) is 2.42. The van der Waals surface area contributed by atoms with Crippen LogP contribution < -0.4 is 16.1 Å². The van der Waals surface area contributed by atoms with Gasteiger partial charge < -0.3 is 11.1 Å². The highest BCUT2D eigenvalue weighted by Crippen LogP contribution is 2.26. The molecule has 0 aromatic carbocycles. The molecule has 0 aliphatic carbocycles. The van der Waals surface area contributed by atoms with Crippen LogP contribution in [0.15, 0.2) is 71.3 Å². The SMILES string of the molecule is C=C/C(=C\C=C/N)Cc1cc(N(N=C)C2=C(C)C(=O)NCC2)ccn1. The van der Waals surface area contributed by atoms with E-state index < -0.39 is 0 Å². The Morgan fingerprint density at radius 1 is 1.56 bits per heavy atom. The topological polar surface area (TPSA) is 83.6 Å². The first-order chi connectivity index (χ1) is 12.1. The van der Waals surface area contributed by atoms with Gasteiger partial charge in [-0.1, -0.05) is 18.7 Å². The van der Waals surface area contributed by atoms with Gasteiger partial charge in [-0.05, 0) is 36.9 Å². The molecule has 0 radical (unpaired) electrons. The number of carbonyl (C=O) groups is 1. The highest BCUT2D eigenvalue weighted by Gasteiger charge is 2.22. The number of hydrazone groups is 1. The van der Waals surface area contributed by atoms with E-state index in [2.05, 4.69) is 28.7 Å². The number of hydrogen-bond acceptors (Lipinski definition) is 5. The summed E-state index contributed by atoms with van der Waals surface area (Å²) in [5, 5.41) is 8.64. The summed E-state index contributed by atoms with van der Waals surface area (Å²) in [6.07, 6.45) is 9.94. The average molecular weight is 337 g/mol. The zero-order valence-corrected chi connectivity index (χ0v) is 14.4. The lowest BCUT2D eigenvalue weighted by molar-refractivity contribution is -0.117. The van der Waals surface area contributed by atoms with Crippen LogP contribution in [0.25, 0.3) is 0 Å². The van der Waals surface area contributed by atoms with E-state index in [0.717, 1.165) is 22.7 Å². The molecule has 0 saturated heterocycles. The molecule has 0 spiro atoms. The first kappa shape index (κ1) is 18.2. The molecular formula is C19H23N5O. The van der Waals surface area contributed by atoms with Crippen molar-refractivity contribution in [2.75, 3.05) is 11.6 Å². The molecular weight excluding hydrogens is 314 g/mol. The number of nitrogens with two attached hydrogens (primary N) is 1. The van der Waals surface area contributed by atoms with Crippen molar-refractivity contribution in [1.29, 1.82) is 0 Å². The summed E-state index contributed by atoms with van der Waals surface area (Å²) in [7, 11) is 0. The summed E-state index contributed by atoms with van der Waals surface area (Å²) < 4.78 is 0. The Kier molecular flexibility index (Phi) is 6.28. The van der Waals surface area contributed by atoms with Gasteiger partial charge in [-0.2, -0.15) is 5.10 Å². The lowest BCUT2D eigenvalue weighted by Gasteiger charge is -2.27. The monoisotopic (exact) mass is 337 g/mol. The minimum absolute atomic E-state index is 0.0744. The second-order valence-electron chi connectivity index (χ2n) is 5.54. The number of anilines is 1. The largest absolute Gasteiger partial charge is 0.405 e. The van der Waals surface area contributed by atoms with Gasteiger partial charge in [0.25, 0.3) is 0 Å². The fraction of sp³-hybridized carbons (Fsp3) is 0.211. The maximum absolute atomic E-state index is 11.9. The van der Waals surface area contributed by atoms with Gasteiger partial charge in [-0.25, -0.2) is 5.01 Å². The summed E-state index contributed by atoms with van der Waals surface area (Å²) in [6.45, 7) is 9.85. The molecule has 25 heavy (non-hydrogen) atoms. The van der Waals surface area contributed by atoms with Crippen molar-refractivity contribution in [1.82, 2.24) is 10.3 Å². The van der Waals surface area contributed by atoms with Crippen molar-refractivity contribution in [3.63, 3.8) is 0 Å². The number of nitrogens with zero attached hydrogens (tertiary/aromatic N) is 3. The molecule has 130 valence electrons. The minimum Gasteiger partial charge on any atom is -0.405 e. The molecule has 3 N–H and O–H groups in total. The van der Waals surface area contributed by atoms with E-state index >= 15 is 0 Å². The predicted molar refractivity (Wildman–Crippen MR) is 102 cm³/mol. The van der Waals surface area contributed by atoms with E-state index in [-0.39, 0.29) is 5.91 Å².